The van der Waals surface area contributed by atoms with Crippen molar-refractivity contribution in [2.75, 3.05) is 7.11 Å². The molecule has 0 unspecified atom stereocenters. The van der Waals surface area contributed by atoms with Crippen LogP contribution in [0.4, 0.5) is 0 Å². The van der Waals surface area contributed by atoms with Crippen LogP contribution < -0.4 is 0 Å². The van der Waals surface area contributed by atoms with Crippen LogP contribution >= 0.6 is 0 Å². The molecule has 4 nitrogen and oxygen atoms in total. The number of ether oxygens (including phenoxy) is 1. The van der Waals surface area contributed by atoms with Crippen LogP contribution in [0, 0.1) is 0 Å². The molecule has 0 spiro atoms. The molecule has 0 saturated heterocycles. The predicted molar refractivity (Wildman–Crippen MR) is 56.4 cm³/mol. The lowest BCUT2D eigenvalue weighted by molar-refractivity contribution is -0.158. The minimum atomic E-state index is -1.35. The van der Waals surface area contributed by atoms with E-state index in [0.29, 0.717) is 5.78 Å². The van der Waals surface area contributed by atoms with Gasteiger partial charge in [0.25, 0.3) is 0 Å². The lowest BCUT2D eigenvalue weighted by Gasteiger charge is -2.12. The van der Waals surface area contributed by atoms with E-state index in [-0.39, 0.29) is 0 Å². The van der Waals surface area contributed by atoms with Crippen molar-refractivity contribution in [3.05, 3.63) is 0 Å². The van der Waals surface area contributed by atoms with Crippen LogP contribution in [0.1, 0.15) is 46.0 Å². The van der Waals surface area contributed by atoms with Gasteiger partial charge in [0.2, 0.25) is 0 Å². The van der Waals surface area contributed by atoms with E-state index in [4.69, 9.17) is 5.11 Å². The lowest BCUT2D eigenvalue weighted by Crippen LogP contribution is -2.31. The van der Waals surface area contributed by atoms with E-state index in [1.165, 1.54) is 27.4 Å². The summed E-state index contributed by atoms with van der Waals surface area (Å²) in [5.41, 5.74) is -1.35. The standard InChI is InChI=1S/C6H10O.C5H10O3/c7-6-4-2-1-3-5-6;1-5(2,7)4(6)8-3/h1-5H2;7H,1-3H3. The van der Waals surface area contributed by atoms with Gasteiger partial charge in [-0.25, -0.2) is 4.79 Å². The van der Waals surface area contributed by atoms with Gasteiger partial charge in [0.1, 0.15) is 5.78 Å². The molecule has 0 heterocycles. The zero-order valence-electron chi connectivity index (χ0n) is 9.71. The number of carbonyl (C=O) groups is 2. The SMILES string of the molecule is COC(=O)C(C)(C)O.O=C1CCCCC1. The fourth-order valence-corrected chi connectivity index (χ4v) is 1.20. The number of rotatable bonds is 1. The highest BCUT2D eigenvalue weighted by Crippen LogP contribution is 2.12. The number of carbonyl (C=O) groups excluding carboxylic acids is 2. The molecule has 1 aliphatic rings. The van der Waals surface area contributed by atoms with Crippen molar-refractivity contribution in [1.82, 2.24) is 0 Å². The van der Waals surface area contributed by atoms with Gasteiger partial charge >= 0.3 is 5.97 Å². The average molecular weight is 216 g/mol. The van der Waals surface area contributed by atoms with E-state index in [2.05, 4.69) is 4.74 Å². The fraction of sp³-hybridized carbons (Fsp3) is 0.818. The van der Waals surface area contributed by atoms with Gasteiger partial charge in [-0.2, -0.15) is 0 Å². The van der Waals surface area contributed by atoms with Crippen LogP contribution in [-0.4, -0.2) is 29.6 Å². The van der Waals surface area contributed by atoms with Gasteiger partial charge in [-0.1, -0.05) is 6.42 Å². The molecule has 0 aromatic rings. The molecule has 1 rings (SSSR count). The third-order valence-electron chi connectivity index (χ3n) is 2.10. The summed E-state index contributed by atoms with van der Waals surface area (Å²) < 4.78 is 4.23. The third kappa shape index (κ3) is 7.08. The van der Waals surface area contributed by atoms with Crippen LogP contribution in [0.15, 0.2) is 0 Å². The van der Waals surface area contributed by atoms with Gasteiger partial charge in [0, 0.05) is 12.8 Å². The van der Waals surface area contributed by atoms with Crippen molar-refractivity contribution in [2.45, 2.75) is 51.6 Å². The predicted octanol–water partition coefficient (Wildman–Crippen LogP) is 1.45. The molecule has 1 N–H and O–H groups in total. The smallest absolute Gasteiger partial charge is 0.337 e. The van der Waals surface area contributed by atoms with E-state index in [9.17, 15) is 9.59 Å². The minimum absolute atomic E-state index is 0.464. The van der Waals surface area contributed by atoms with E-state index < -0.39 is 11.6 Å². The Morgan fingerprint density at radius 2 is 1.73 bits per heavy atom. The second kappa shape index (κ2) is 6.56. The second-order valence-electron chi connectivity index (χ2n) is 4.15. The summed E-state index contributed by atoms with van der Waals surface area (Å²) in [7, 11) is 1.24. The van der Waals surface area contributed by atoms with Crippen molar-refractivity contribution < 1.29 is 19.4 Å². The highest BCUT2D eigenvalue weighted by Gasteiger charge is 2.23. The Morgan fingerprint density at radius 1 is 1.27 bits per heavy atom. The first kappa shape index (κ1) is 14.1. The molecule has 0 atom stereocenters. The highest BCUT2D eigenvalue weighted by atomic mass is 16.5. The summed E-state index contributed by atoms with van der Waals surface area (Å²) >= 11 is 0. The Hall–Kier alpha value is -0.900. The van der Waals surface area contributed by atoms with Crippen LogP contribution in [0.25, 0.3) is 0 Å². The zero-order chi connectivity index (χ0) is 11.9. The molecule has 0 aliphatic heterocycles. The van der Waals surface area contributed by atoms with E-state index in [1.807, 2.05) is 0 Å². The van der Waals surface area contributed by atoms with Gasteiger partial charge < -0.3 is 9.84 Å². The third-order valence-corrected chi connectivity index (χ3v) is 2.10. The van der Waals surface area contributed by atoms with Crippen molar-refractivity contribution in [3.63, 3.8) is 0 Å². The van der Waals surface area contributed by atoms with E-state index >= 15 is 0 Å². The number of hydrogen-bond donors (Lipinski definition) is 1. The Kier molecular flexibility index (Phi) is 6.17. The van der Waals surface area contributed by atoms with Crippen LogP contribution in [-0.2, 0) is 14.3 Å². The number of ketones is 1. The molecule has 0 radical (unpaired) electrons. The molecule has 15 heavy (non-hydrogen) atoms. The largest absolute Gasteiger partial charge is 0.467 e. The molecule has 0 aromatic carbocycles. The van der Waals surface area contributed by atoms with E-state index in [1.54, 1.807) is 0 Å². The fourth-order valence-electron chi connectivity index (χ4n) is 1.20. The first-order chi connectivity index (χ1) is 6.88. The van der Waals surface area contributed by atoms with Crippen molar-refractivity contribution in [2.24, 2.45) is 0 Å². The molecule has 1 saturated carbocycles. The summed E-state index contributed by atoms with van der Waals surface area (Å²) in [6, 6.07) is 0. The molecule has 0 amide bonds. The second-order valence-corrected chi connectivity index (χ2v) is 4.15. The quantitative estimate of drug-likeness (QED) is 0.674. The van der Waals surface area contributed by atoms with Gasteiger partial charge in [-0.3, -0.25) is 4.79 Å². The molecular weight excluding hydrogens is 196 g/mol. The van der Waals surface area contributed by atoms with Crippen LogP contribution in [0.3, 0.4) is 0 Å². The Labute approximate surface area is 90.6 Å². The first-order valence-electron chi connectivity index (χ1n) is 5.20. The average Bonchev–Trinajstić information content (AvgIpc) is 2.17. The number of Topliss-reactive ketones (excluding diaryl/α,β-unsaturated/α-hetero) is 1. The summed E-state index contributed by atoms with van der Waals surface area (Å²) in [6.07, 6.45) is 5.24. The van der Waals surface area contributed by atoms with Gasteiger partial charge in [-0.15, -0.1) is 0 Å². The van der Waals surface area contributed by atoms with Gasteiger partial charge in [-0.05, 0) is 26.7 Å². The molecular formula is C11H20O4. The van der Waals surface area contributed by atoms with Gasteiger partial charge in [0.05, 0.1) is 7.11 Å². The summed E-state index contributed by atoms with van der Waals surface area (Å²) in [4.78, 5) is 20.8. The molecule has 1 aliphatic carbocycles. The normalized spacial score (nSPS) is 16.4. The van der Waals surface area contributed by atoms with Crippen LogP contribution in [0.2, 0.25) is 0 Å². The number of aliphatic hydroxyl groups is 1. The molecule has 4 heteroatoms. The molecule has 0 aromatic heterocycles. The number of methoxy groups -OCH3 is 1. The number of hydrogen-bond acceptors (Lipinski definition) is 4. The van der Waals surface area contributed by atoms with Crippen LogP contribution in [0.5, 0.6) is 0 Å². The summed E-state index contributed by atoms with van der Waals surface area (Å²) in [6.45, 7) is 2.75. The van der Waals surface area contributed by atoms with E-state index in [0.717, 1.165) is 25.7 Å². The summed E-state index contributed by atoms with van der Waals surface area (Å²) in [5, 5.41) is 8.81. The van der Waals surface area contributed by atoms with Gasteiger partial charge in [0.15, 0.2) is 5.60 Å². The minimum Gasteiger partial charge on any atom is -0.467 e. The highest BCUT2D eigenvalue weighted by molar-refractivity contribution is 5.78. The molecule has 0 bridgehead atoms. The Balaban J connectivity index is 0.000000262. The lowest BCUT2D eigenvalue weighted by atomic mass is 10.00. The maximum atomic E-state index is 10.5. The van der Waals surface area contributed by atoms with Crippen molar-refractivity contribution in [1.29, 1.82) is 0 Å². The zero-order valence-corrected chi connectivity index (χ0v) is 9.71. The maximum Gasteiger partial charge on any atom is 0.337 e. The monoisotopic (exact) mass is 216 g/mol. The first-order valence-corrected chi connectivity index (χ1v) is 5.20. The molecule has 1 fully saturated rings. The topological polar surface area (TPSA) is 63.6 Å². The van der Waals surface area contributed by atoms with Crippen molar-refractivity contribution >= 4 is 11.8 Å². The van der Waals surface area contributed by atoms with Crippen molar-refractivity contribution in [3.8, 4) is 0 Å². The molecule has 88 valence electrons. The number of esters is 1. The summed E-state index contributed by atoms with van der Waals surface area (Å²) in [5.74, 6) is -0.149. The maximum absolute atomic E-state index is 10.5. The Bertz CT molecular complexity index is 207. The Morgan fingerprint density at radius 3 is 1.87 bits per heavy atom.